The summed E-state index contributed by atoms with van der Waals surface area (Å²) < 4.78 is 5.04. The summed E-state index contributed by atoms with van der Waals surface area (Å²) in [6, 6.07) is 15.0. The number of benzene rings is 2. The van der Waals surface area contributed by atoms with E-state index in [1.54, 1.807) is 6.07 Å². The second-order valence-corrected chi connectivity index (χ2v) is 6.14. The van der Waals surface area contributed by atoms with Gasteiger partial charge >= 0.3 is 5.97 Å². The zero-order valence-corrected chi connectivity index (χ0v) is 13.3. The van der Waals surface area contributed by atoms with E-state index in [-0.39, 0.29) is 5.78 Å². The van der Waals surface area contributed by atoms with Crippen molar-refractivity contribution < 1.29 is 14.3 Å². The lowest BCUT2D eigenvalue weighted by Crippen LogP contribution is -2.38. The summed E-state index contributed by atoms with van der Waals surface area (Å²) in [6.07, 6.45) is 3.73. The number of fused-ring (bicyclic) bond motifs is 2. The lowest BCUT2D eigenvalue weighted by atomic mass is 9.65. The number of hydrogen-bond acceptors (Lipinski definition) is 3. The van der Waals surface area contributed by atoms with E-state index in [1.165, 1.54) is 7.11 Å². The summed E-state index contributed by atoms with van der Waals surface area (Å²) in [4.78, 5) is 26.0. The Hall–Kier alpha value is -2.94. The lowest BCUT2D eigenvalue weighted by Gasteiger charge is -2.34. The molecule has 24 heavy (non-hydrogen) atoms. The molecule has 0 aromatic heterocycles. The summed E-state index contributed by atoms with van der Waals surface area (Å²) in [5, 5.41) is 0. The summed E-state index contributed by atoms with van der Waals surface area (Å²) in [5.74, 6) is -1.22. The topological polar surface area (TPSA) is 43.4 Å². The first-order chi connectivity index (χ1) is 11.6. The molecule has 0 saturated heterocycles. The number of carbonyl (C=O) groups excluding carboxylic acids is 2. The molecule has 2 aromatic rings. The Kier molecular flexibility index (Phi) is 3.07. The van der Waals surface area contributed by atoms with Crippen molar-refractivity contribution in [3.05, 3.63) is 83.4 Å². The Morgan fingerprint density at radius 3 is 2.50 bits per heavy atom. The van der Waals surface area contributed by atoms with E-state index in [4.69, 9.17) is 4.74 Å². The maximum atomic E-state index is 13.4. The highest BCUT2D eigenvalue weighted by molar-refractivity contribution is 6.18. The van der Waals surface area contributed by atoms with Crippen LogP contribution in [-0.2, 0) is 9.53 Å². The highest BCUT2D eigenvalue weighted by atomic mass is 16.5. The second-order valence-electron chi connectivity index (χ2n) is 6.14. The Morgan fingerprint density at radius 2 is 1.75 bits per heavy atom. The number of esters is 1. The predicted molar refractivity (Wildman–Crippen MR) is 92.5 cm³/mol. The van der Waals surface area contributed by atoms with Crippen LogP contribution in [0.3, 0.4) is 0 Å². The zero-order chi connectivity index (χ0) is 16.9. The first-order valence-electron chi connectivity index (χ1n) is 7.81. The molecule has 2 atom stereocenters. The van der Waals surface area contributed by atoms with Crippen LogP contribution in [-0.4, -0.2) is 18.9 Å². The fourth-order valence-corrected chi connectivity index (χ4v) is 3.93. The van der Waals surface area contributed by atoms with Crippen molar-refractivity contribution in [2.24, 2.45) is 5.41 Å². The van der Waals surface area contributed by atoms with Crippen molar-refractivity contribution in [2.75, 3.05) is 7.11 Å². The SMILES string of the molecule is C=C1c2ccccc2[C@H](C(=O)OC)[C@@]12C=Cc1ccccc1C2=O. The standard InChI is InChI=1S/C21H16O3/c1-13-15-8-5-6-10-17(15)18(20(23)24-2)21(13)12-11-14-7-3-4-9-16(14)19(21)22/h3-12,18H,1H2,2H3/t18-,21-/m1/s1. The number of ether oxygens (including phenoxy) is 1. The van der Waals surface area contributed by atoms with E-state index in [0.717, 1.165) is 16.7 Å². The molecule has 0 saturated carbocycles. The predicted octanol–water partition coefficient (Wildman–Crippen LogP) is 3.87. The number of allylic oxidation sites excluding steroid dienone is 2. The minimum atomic E-state index is -1.11. The highest BCUT2D eigenvalue weighted by Gasteiger charge is 2.57. The molecule has 3 nitrogen and oxygen atoms in total. The van der Waals surface area contributed by atoms with Gasteiger partial charge in [0.1, 0.15) is 5.92 Å². The van der Waals surface area contributed by atoms with Crippen molar-refractivity contribution in [1.29, 1.82) is 0 Å². The molecule has 0 amide bonds. The van der Waals surface area contributed by atoms with Gasteiger partial charge in [0.05, 0.1) is 12.5 Å². The van der Waals surface area contributed by atoms with Crippen LogP contribution in [0.4, 0.5) is 0 Å². The summed E-state index contributed by atoms with van der Waals surface area (Å²) in [5.41, 5.74) is 2.68. The maximum absolute atomic E-state index is 13.4. The quantitative estimate of drug-likeness (QED) is 0.750. The monoisotopic (exact) mass is 316 g/mol. The average molecular weight is 316 g/mol. The molecular weight excluding hydrogens is 300 g/mol. The molecule has 3 heteroatoms. The third kappa shape index (κ3) is 1.67. The van der Waals surface area contributed by atoms with Crippen molar-refractivity contribution >= 4 is 23.4 Å². The summed E-state index contributed by atoms with van der Waals surface area (Å²) in [6.45, 7) is 4.18. The van der Waals surface area contributed by atoms with Gasteiger partial charge in [-0.25, -0.2) is 0 Å². The van der Waals surface area contributed by atoms with Crippen molar-refractivity contribution in [3.8, 4) is 0 Å². The number of Topliss-reactive ketones (excluding diaryl/α,β-unsaturated/α-hetero) is 1. The molecule has 2 aliphatic carbocycles. The van der Waals surface area contributed by atoms with Crippen LogP contribution in [0.5, 0.6) is 0 Å². The largest absolute Gasteiger partial charge is 0.469 e. The van der Waals surface area contributed by atoms with Crippen LogP contribution in [0, 0.1) is 5.41 Å². The molecule has 0 unspecified atom stereocenters. The van der Waals surface area contributed by atoms with Gasteiger partial charge in [0.15, 0.2) is 5.78 Å². The Morgan fingerprint density at radius 1 is 1.08 bits per heavy atom. The van der Waals surface area contributed by atoms with Gasteiger partial charge in [-0.3, -0.25) is 9.59 Å². The van der Waals surface area contributed by atoms with E-state index in [2.05, 4.69) is 6.58 Å². The molecule has 0 heterocycles. The molecule has 0 aliphatic heterocycles. The summed E-state index contributed by atoms with van der Waals surface area (Å²) >= 11 is 0. The number of rotatable bonds is 1. The van der Waals surface area contributed by atoms with Crippen molar-refractivity contribution in [3.63, 3.8) is 0 Å². The molecule has 0 N–H and O–H groups in total. The minimum absolute atomic E-state index is 0.0998. The number of carbonyl (C=O) groups is 2. The lowest BCUT2D eigenvalue weighted by molar-refractivity contribution is -0.143. The first kappa shape index (κ1) is 14.6. The van der Waals surface area contributed by atoms with Gasteiger partial charge in [-0.15, -0.1) is 0 Å². The van der Waals surface area contributed by atoms with Gasteiger partial charge in [-0.2, -0.15) is 0 Å². The van der Waals surface area contributed by atoms with Gasteiger partial charge in [-0.1, -0.05) is 67.3 Å². The van der Waals surface area contributed by atoms with E-state index in [0.29, 0.717) is 11.1 Å². The Bertz CT molecular complexity index is 922. The van der Waals surface area contributed by atoms with Crippen LogP contribution in [0.25, 0.3) is 11.6 Å². The molecule has 118 valence electrons. The molecular formula is C21H16O3. The van der Waals surface area contributed by atoms with Crippen molar-refractivity contribution in [1.82, 2.24) is 0 Å². The Balaban J connectivity index is 2.00. The van der Waals surface area contributed by atoms with Crippen LogP contribution < -0.4 is 0 Å². The van der Waals surface area contributed by atoms with E-state index in [1.807, 2.05) is 54.6 Å². The highest BCUT2D eigenvalue weighted by Crippen LogP contribution is 2.58. The van der Waals surface area contributed by atoms with Crippen LogP contribution >= 0.6 is 0 Å². The number of ketones is 1. The normalized spacial score (nSPS) is 24.0. The van der Waals surface area contributed by atoms with E-state index >= 15 is 0 Å². The summed E-state index contributed by atoms with van der Waals surface area (Å²) in [7, 11) is 1.35. The molecule has 0 fully saturated rings. The van der Waals surface area contributed by atoms with Gasteiger partial charge in [0, 0.05) is 5.56 Å². The zero-order valence-electron chi connectivity index (χ0n) is 13.3. The third-order valence-corrected chi connectivity index (χ3v) is 5.10. The van der Waals surface area contributed by atoms with Gasteiger partial charge in [0.2, 0.25) is 0 Å². The molecule has 0 radical (unpaired) electrons. The van der Waals surface area contributed by atoms with E-state index < -0.39 is 17.3 Å². The molecule has 2 aromatic carbocycles. The molecule has 4 rings (SSSR count). The van der Waals surface area contributed by atoms with Crippen molar-refractivity contribution in [2.45, 2.75) is 5.92 Å². The second kappa shape index (κ2) is 5.03. The number of hydrogen-bond donors (Lipinski definition) is 0. The minimum Gasteiger partial charge on any atom is -0.469 e. The third-order valence-electron chi connectivity index (χ3n) is 5.10. The maximum Gasteiger partial charge on any atom is 0.314 e. The molecule has 1 spiro atoms. The van der Waals surface area contributed by atoms with Crippen LogP contribution in [0.2, 0.25) is 0 Å². The molecule has 2 aliphatic rings. The van der Waals surface area contributed by atoms with Gasteiger partial charge in [-0.05, 0) is 22.3 Å². The van der Waals surface area contributed by atoms with Crippen LogP contribution in [0.1, 0.15) is 33.0 Å². The van der Waals surface area contributed by atoms with Gasteiger partial charge in [0.25, 0.3) is 0 Å². The van der Waals surface area contributed by atoms with Gasteiger partial charge < -0.3 is 4.74 Å². The van der Waals surface area contributed by atoms with E-state index in [9.17, 15) is 9.59 Å². The molecule has 0 bridgehead atoms. The fourth-order valence-electron chi connectivity index (χ4n) is 3.93. The average Bonchev–Trinajstić information content (AvgIpc) is 2.88. The Labute approximate surface area is 140 Å². The van der Waals surface area contributed by atoms with Crippen LogP contribution in [0.15, 0.2) is 61.2 Å². The number of methoxy groups -OCH3 is 1. The smallest absolute Gasteiger partial charge is 0.314 e. The fraction of sp³-hybridized carbons (Fsp3) is 0.143. The first-order valence-corrected chi connectivity index (χ1v) is 7.81.